The van der Waals surface area contributed by atoms with Crippen LogP contribution in [0.5, 0.6) is 0 Å². The van der Waals surface area contributed by atoms with Crippen LogP contribution in [0.2, 0.25) is 0 Å². The van der Waals surface area contributed by atoms with E-state index in [0.717, 1.165) is 6.54 Å². The lowest BCUT2D eigenvalue weighted by atomic mass is 9.95. The van der Waals surface area contributed by atoms with Gasteiger partial charge in [0.25, 0.3) is 0 Å². The molecule has 11 heavy (non-hydrogen) atoms. The van der Waals surface area contributed by atoms with E-state index in [0.29, 0.717) is 12.0 Å². The summed E-state index contributed by atoms with van der Waals surface area (Å²) in [7, 11) is 0. The molecule has 0 saturated carbocycles. The van der Waals surface area contributed by atoms with E-state index >= 15 is 0 Å². The summed E-state index contributed by atoms with van der Waals surface area (Å²) in [5.74, 6) is 0.639. The fraction of sp³-hybridized carbons (Fsp3) is 0.800. The van der Waals surface area contributed by atoms with Crippen molar-refractivity contribution in [3.05, 3.63) is 12.7 Å². The predicted octanol–water partition coefficient (Wildman–Crippen LogP) is 2.59. The molecule has 1 nitrogen and oxygen atoms in total. The second-order valence-corrected chi connectivity index (χ2v) is 2.88. The number of rotatable bonds is 6. The van der Waals surface area contributed by atoms with Crippen LogP contribution in [-0.2, 0) is 0 Å². The van der Waals surface area contributed by atoms with Gasteiger partial charge in [0.05, 0.1) is 0 Å². The van der Waals surface area contributed by atoms with Crippen LogP contribution >= 0.6 is 0 Å². The molecule has 0 saturated heterocycles. The Morgan fingerprint density at radius 3 is 2.18 bits per heavy atom. The summed E-state index contributed by atoms with van der Waals surface area (Å²) in [6.45, 7) is 11.5. The highest BCUT2D eigenvalue weighted by molar-refractivity contribution is 4.86. The average Bonchev–Trinajstić information content (AvgIpc) is 2.05. The lowest BCUT2D eigenvalue weighted by Gasteiger charge is -2.22. The molecule has 0 aromatic heterocycles. The number of nitrogens with one attached hydrogen (secondary N) is 1. The van der Waals surface area contributed by atoms with E-state index in [1.165, 1.54) is 12.8 Å². The van der Waals surface area contributed by atoms with Crippen molar-refractivity contribution in [2.24, 2.45) is 5.92 Å². The van der Waals surface area contributed by atoms with Gasteiger partial charge in [-0.3, -0.25) is 0 Å². The average molecular weight is 155 g/mol. The molecule has 0 heterocycles. The van der Waals surface area contributed by atoms with Crippen molar-refractivity contribution in [2.75, 3.05) is 6.54 Å². The van der Waals surface area contributed by atoms with Crippen molar-refractivity contribution < 1.29 is 0 Å². The van der Waals surface area contributed by atoms with Crippen LogP contribution in [0, 0.1) is 5.92 Å². The maximum Gasteiger partial charge on any atom is 0.0127 e. The number of hydrogen-bond donors (Lipinski definition) is 1. The molecule has 2 unspecified atom stereocenters. The van der Waals surface area contributed by atoms with Gasteiger partial charge in [-0.15, -0.1) is 6.58 Å². The van der Waals surface area contributed by atoms with E-state index in [2.05, 4.69) is 38.7 Å². The van der Waals surface area contributed by atoms with Gasteiger partial charge in [0.2, 0.25) is 0 Å². The molecule has 0 aromatic rings. The molecule has 0 rings (SSSR count). The van der Waals surface area contributed by atoms with Crippen LogP contribution in [0.4, 0.5) is 0 Å². The quantitative estimate of drug-likeness (QED) is 0.581. The van der Waals surface area contributed by atoms with E-state index in [4.69, 9.17) is 0 Å². The molecule has 1 N–H and O–H groups in total. The van der Waals surface area contributed by atoms with Crippen molar-refractivity contribution in [3.63, 3.8) is 0 Å². The summed E-state index contributed by atoms with van der Waals surface area (Å²) in [4.78, 5) is 0. The van der Waals surface area contributed by atoms with Crippen LogP contribution in [0.25, 0.3) is 0 Å². The van der Waals surface area contributed by atoms with Crippen LogP contribution in [0.15, 0.2) is 12.7 Å². The zero-order valence-corrected chi connectivity index (χ0v) is 8.06. The smallest absolute Gasteiger partial charge is 0.0127 e. The van der Waals surface area contributed by atoms with Gasteiger partial charge < -0.3 is 5.32 Å². The fourth-order valence-electron chi connectivity index (χ4n) is 1.48. The van der Waals surface area contributed by atoms with Gasteiger partial charge in [-0.2, -0.15) is 0 Å². The molecule has 1 heteroatoms. The summed E-state index contributed by atoms with van der Waals surface area (Å²) >= 11 is 0. The first kappa shape index (κ1) is 10.7. The highest BCUT2D eigenvalue weighted by Gasteiger charge is 2.12. The van der Waals surface area contributed by atoms with Crippen molar-refractivity contribution >= 4 is 0 Å². The molecule has 0 aliphatic carbocycles. The standard InChI is InChI=1S/C10H21N/c1-5-9(6-2)10(7-3)11-8-4/h5,9-11H,1,6-8H2,2-4H3. The third-order valence-electron chi connectivity index (χ3n) is 2.20. The SMILES string of the molecule is C=CC(CC)C(CC)NCC. The van der Waals surface area contributed by atoms with E-state index in [1.54, 1.807) is 0 Å². The third-order valence-corrected chi connectivity index (χ3v) is 2.20. The van der Waals surface area contributed by atoms with E-state index < -0.39 is 0 Å². The van der Waals surface area contributed by atoms with Gasteiger partial charge in [-0.05, 0) is 25.3 Å². The highest BCUT2D eigenvalue weighted by atomic mass is 14.9. The third kappa shape index (κ3) is 3.57. The number of hydrogen-bond acceptors (Lipinski definition) is 1. The minimum atomic E-state index is 0.627. The summed E-state index contributed by atoms with van der Waals surface area (Å²) in [6.07, 6.45) is 4.45. The van der Waals surface area contributed by atoms with Crippen LogP contribution < -0.4 is 5.32 Å². The van der Waals surface area contributed by atoms with Gasteiger partial charge in [0, 0.05) is 6.04 Å². The monoisotopic (exact) mass is 155 g/mol. The molecule has 0 aromatic carbocycles. The van der Waals surface area contributed by atoms with Gasteiger partial charge >= 0.3 is 0 Å². The Labute approximate surface area is 70.9 Å². The molecule has 2 atom stereocenters. The van der Waals surface area contributed by atoms with Gasteiger partial charge in [0.1, 0.15) is 0 Å². The Kier molecular flexibility index (Phi) is 6.24. The Morgan fingerprint density at radius 2 is 1.91 bits per heavy atom. The summed E-state index contributed by atoms with van der Waals surface area (Å²) < 4.78 is 0. The Balaban J connectivity index is 3.86. The normalized spacial score (nSPS) is 15.9. The lowest BCUT2D eigenvalue weighted by molar-refractivity contribution is 0.397. The van der Waals surface area contributed by atoms with Crippen molar-refractivity contribution in [3.8, 4) is 0 Å². The minimum absolute atomic E-state index is 0.627. The van der Waals surface area contributed by atoms with Crippen LogP contribution in [0.1, 0.15) is 33.6 Å². The first-order valence-electron chi connectivity index (χ1n) is 4.65. The first-order chi connectivity index (χ1) is 5.29. The molecule has 0 aliphatic rings. The largest absolute Gasteiger partial charge is 0.314 e. The Morgan fingerprint density at radius 1 is 1.27 bits per heavy atom. The van der Waals surface area contributed by atoms with E-state index in [-0.39, 0.29) is 0 Å². The van der Waals surface area contributed by atoms with Crippen molar-refractivity contribution in [1.82, 2.24) is 5.32 Å². The van der Waals surface area contributed by atoms with Crippen molar-refractivity contribution in [2.45, 2.75) is 39.7 Å². The second-order valence-electron chi connectivity index (χ2n) is 2.88. The molecule has 0 bridgehead atoms. The minimum Gasteiger partial charge on any atom is -0.314 e. The Bertz CT molecular complexity index is 99.0. The molecule has 0 radical (unpaired) electrons. The van der Waals surface area contributed by atoms with Crippen molar-refractivity contribution in [1.29, 1.82) is 0 Å². The van der Waals surface area contributed by atoms with Crippen LogP contribution in [-0.4, -0.2) is 12.6 Å². The zero-order chi connectivity index (χ0) is 8.69. The molecule has 0 fully saturated rings. The first-order valence-corrected chi connectivity index (χ1v) is 4.65. The maximum absolute atomic E-state index is 3.84. The van der Waals surface area contributed by atoms with Crippen LogP contribution in [0.3, 0.4) is 0 Å². The zero-order valence-electron chi connectivity index (χ0n) is 8.06. The molecule has 0 amide bonds. The van der Waals surface area contributed by atoms with Gasteiger partial charge in [-0.1, -0.05) is 26.8 Å². The lowest BCUT2D eigenvalue weighted by Crippen LogP contribution is -2.34. The Hall–Kier alpha value is -0.300. The summed E-state index contributed by atoms with van der Waals surface area (Å²) in [5.41, 5.74) is 0. The van der Waals surface area contributed by atoms with E-state index in [9.17, 15) is 0 Å². The maximum atomic E-state index is 3.84. The second kappa shape index (κ2) is 6.41. The molecule has 0 spiro atoms. The molecule has 66 valence electrons. The molecule has 0 aliphatic heterocycles. The van der Waals surface area contributed by atoms with Gasteiger partial charge in [-0.25, -0.2) is 0 Å². The molecular formula is C10H21N. The van der Waals surface area contributed by atoms with E-state index in [1.807, 2.05) is 0 Å². The fourth-order valence-corrected chi connectivity index (χ4v) is 1.48. The van der Waals surface area contributed by atoms with Gasteiger partial charge in [0.15, 0.2) is 0 Å². The highest BCUT2D eigenvalue weighted by Crippen LogP contribution is 2.12. The summed E-state index contributed by atoms with van der Waals surface area (Å²) in [5, 5.41) is 3.46. The topological polar surface area (TPSA) is 12.0 Å². The summed E-state index contributed by atoms with van der Waals surface area (Å²) in [6, 6.07) is 0.627. The molecular weight excluding hydrogens is 134 g/mol. The predicted molar refractivity (Wildman–Crippen MR) is 51.7 cm³/mol.